The van der Waals surface area contributed by atoms with Crippen LogP contribution in [0.25, 0.3) is 0 Å². The Bertz CT molecular complexity index is 490. The molecule has 0 saturated carbocycles. The molecule has 118 valence electrons. The molecular weight excluding hydrogens is 289 g/mol. The van der Waals surface area contributed by atoms with Crippen LogP contribution in [0.15, 0.2) is 18.2 Å². The molecule has 0 fully saturated rings. The summed E-state index contributed by atoms with van der Waals surface area (Å²) in [6, 6.07) is 2.83. The quantitative estimate of drug-likeness (QED) is 0.474. The number of halogens is 3. The molecule has 0 spiro atoms. The first-order valence-corrected chi connectivity index (χ1v) is 6.39. The van der Waals surface area contributed by atoms with Crippen LogP contribution in [0.5, 0.6) is 0 Å². The largest absolute Gasteiger partial charge is 0.423 e. The van der Waals surface area contributed by atoms with Crippen molar-refractivity contribution in [1.29, 1.82) is 0 Å². The molecule has 1 N–H and O–H groups in total. The van der Waals surface area contributed by atoms with Gasteiger partial charge in [0, 0.05) is 24.9 Å². The summed E-state index contributed by atoms with van der Waals surface area (Å²) in [4.78, 5) is 9.56. The van der Waals surface area contributed by atoms with Gasteiger partial charge in [-0.2, -0.15) is 13.2 Å². The number of nitrogens with zero attached hydrogens (tertiary/aromatic N) is 1. The molecule has 0 aliphatic rings. The molecule has 0 aliphatic heterocycles. The normalized spacial score (nSPS) is 11.7. The lowest BCUT2D eigenvalue weighted by molar-refractivity contribution is -0.388. The molecule has 0 saturated heterocycles. The molecular formula is C13H17F3N2O3. The van der Waals surface area contributed by atoms with Gasteiger partial charge in [-0.1, -0.05) is 13.8 Å². The minimum absolute atomic E-state index is 0.168. The van der Waals surface area contributed by atoms with E-state index in [0.717, 1.165) is 12.1 Å². The van der Waals surface area contributed by atoms with Gasteiger partial charge in [-0.25, -0.2) is 0 Å². The van der Waals surface area contributed by atoms with Gasteiger partial charge in [-0.3, -0.25) is 10.1 Å². The third-order valence-electron chi connectivity index (χ3n) is 2.53. The highest BCUT2D eigenvalue weighted by Crippen LogP contribution is 2.37. The molecule has 0 amide bonds. The van der Waals surface area contributed by atoms with Crippen molar-refractivity contribution in [3.63, 3.8) is 0 Å². The number of hydrogen-bond acceptors (Lipinski definition) is 4. The average molecular weight is 306 g/mol. The second kappa shape index (κ2) is 7.26. The Morgan fingerprint density at radius 3 is 2.57 bits per heavy atom. The van der Waals surface area contributed by atoms with Gasteiger partial charge < -0.3 is 10.1 Å². The van der Waals surface area contributed by atoms with E-state index in [1.54, 1.807) is 0 Å². The van der Waals surface area contributed by atoms with E-state index in [9.17, 15) is 23.3 Å². The Hall–Kier alpha value is -1.83. The minimum atomic E-state index is -4.77. The van der Waals surface area contributed by atoms with Crippen molar-refractivity contribution in [2.45, 2.75) is 20.0 Å². The van der Waals surface area contributed by atoms with E-state index in [-0.39, 0.29) is 5.69 Å². The maximum atomic E-state index is 12.8. The molecule has 0 aliphatic carbocycles. The summed E-state index contributed by atoms with van der Waals surface area (Å²) in [6.07, 6.45) is -4.77. The van der Waals surface area contributed by atoms with E-state index < -0.39 is 22.4 Å². The number of hydrogen-bond donors (Lipinski definition) is 1. The van der Waals surface area contributed by atoms with Crippen LogP contribution in [-0.2, 0) is 10.9 Å². The first kappa shape index (κ1) is 17.2. The summed E-state index contributed by atoms with van der Waals surface area (Å²) >= 11 is 0. The number of nitro benzene ring substituents is 1. The van der Waals surface area contributed by atoms with Crippen LogP contribution < -0.4 is 5.32 Å². The number of alkyl halides is 3. The zero-order valence-corrected chi connectivity index (χ0v) is 11.7. The van der Waals surface area contributed by atoms with Crippen LogP contribution in [-0.4, -0.2) is 24.7 Å². The molecule has 0 heterocycles. The lowest BCUT2D eigenvalue weighted by atomic mass is 10.1. The van der Waals surface area contributed by atoms with E-state index in [4.69, 9.17) is 4.74 Å². The lowest BCUT2D eigenvalue weighted by Crippen LogP contribution is -2.14. The van der Waals surface area contributed by atoms with Crippen molar-refractivity contribution in [1.82, 2.24) is 0 Å². The molecule has 0 unspecified atom stereocenters. The Morgan fingerprint density at radius 2 is 2.05 bits per heavy atom. The van der Waals surface area contributed by atoms with Gasteiger partial charge in [-0.15, -0.1) is 0 Å². The average Bonchev–Trinajstić information content (AvgIpc) is 2.36. The summed E-state index contributed by atoms with van der Waals surface area (Å²) in [5.41, 5.74) is -2.05. The highest BCUT2D eigenvalue weighted by atomic mass is 19.4. The maximum absolute atomic E-state index is 12.8. The van der Waals surface area contributed by atoms with Crippen molar-refractivity contribution in [2.24, 2.45) is 5.92 Å². The number of anilines is 1. The van der Waals surface area contributed by atoms with Crippen molar-refractivity contribution in [3.05, 3.63) is 33.9 Å². The Labute approximate surface area is 120 Å². The topological polar surface area (TPSA) is 64.4 Å². The number of benzene rings is 1. The van der Waals surface area contributed by atoms with Crippen molar-refractivity contribution < 1.29 is 22.8 Å². The first-order valence-electron chi connectivity index (χ1n) is 6.39. The van der Waals surface area contributed by atoms with Crippen LogP contribution in [0.2, 0.25) is 0 Å². The van der Waals surface area contributed by atoms with E-state index in [0.29, 0.717) is 25.7 Å². The molecule has 1 aromatic rings. The number of rotatable bonds is 7. The molecule has 1 rings (SSSR count). The fourth-order valence-corrected chi connectivity index (χ4v) is 1.62. The number of ether oxygens (including phenoxy) is 1. The predicted molar refractivity (Wildman–Crippen MR) is 72.2 cm³/mol. The summed E-state index contributed by atoms with van der Waals surface area (Å²) in [5, 5.41) is 13.4. The van der Waals surface area contributed by atoms with Gasteiger partial charge in [0.05, 0.1) is 11.5 Å². The molecule has 0 aromatic heterocycles. The lowest BCUT2D eigenvalue weighted by Gasteiger charge is -2.12. The molecule has 21 heavy (non-hydrogen) atoms. The van der Waals surface area contributed by atoms with Gasteiger partial charge in [0.25, 0.3) is 5.69 Å². The fourth-order valence-electron chi connectivity index (χ4n) is 1.62. The number of nitro groups is 1. The van der Waals surface area contributed by atoms with Gasteiger partial charge in [0.15, 0.2) is 0 Å². The first-order chi connectivity index (χ1) is 9.71. The van der Waals surface area contributed by atoms with E-state index >= 15 is 0 Å². The zero-order chi connectivity index (χ0) is 16.0. The highest BCUT2D eigenvalue weighted by molar-refractivity contribution is 5.55. The maximum Gasteiger partial charge on any atom is 0.423 e. The SMILES string of the molecule is CC(C)COCCNc1ccc([N+](=O)[O-])c(C(F)(F)F)c1. The van der Waals surface area contributed by atoms with Gasteiger partial charge in [-0.05, 0) is 18.1 Å². The molecule has 5 nitrogen and oxygen atoms in total. The number of nitrogens with one attached hydrogen (secondary N) is 1. The Balaban J connectivity index is 2.71. The van der Waals surface area contributed by atoms with Crippen LogP contribution >= 0.6 is 0 Å². The van der Waals surface area contributed by atoms with Crippen molar-refractivity contribution in [3.8, 4) is 0 Å². The monoisotopic (exact) mass is 306 g/mol. The van der Waals surface area contributed by atoms with Gasteiger partial charge >= 0.3 is 6.18 Å². The van der Waals surface area contributed by atoms with E-state index in [1.165, 1.54) is 6.07 Å². The predicted octanol–water partition coefficient (Wildman–Crippen LogP) is 3.70. The highest BCUT2D eigenvalue weighted by Gasteiger charge is 2.38. The molecule has 0 bridgehead atoms. The summed E-state index contributed by atoms with van der Waals surface area (Å²) in [6.45, 7) is 5.20. The molecule has 8 heteroatoms. The van der Waals surface area contributed by atoms with Crippen molar-refractivity contribution >= 4 is 11.4 Å². The second-order valence-electron chi connectivity index (χ2n) is 4.88. The summed E-state index contributed by atoms with van der Waals surface area (Å²) in [5.74, 6) is 0.376. The second-order valence-corrected chi connectivity index (χ2v) is 4.88. The van der Waals surface area contributed by atoms with Crippen LogP contribution in [0, 0.1) is 16.0 Å². The smallest absolute Gasteiger partial charge is 0.383 e. The van der Waals surface area contributed by atoms with Gasteiger partial charge in [0.2, 0.25) is 0 Å². The molecule has 0 radical (unpaired) electrons. The zero-order valence-electron chi connectivity index (χ0n) is 11.7. The van der Waals surface area contributed by atoms with Gasteiger partial charge in [0.1, 0.15) is 5.56 Å². The summed E-state index contributed by atoms with van der Waals surface area (Å²) in [7, 11) is 0. The summed E-state index contributed by atoms with van der Waals surface area (Å²) < 4.78 is 43.6. The van der Waals surface area contributed by atoms with E-state index in [2.05, 4.69) is 5.32 Å². The van der Waals surface area contributed by atoms with Crippen LogP contribution in [0.1, 0.15) is 19.4 Å². The fraction of sp³-hybridized carbons (Fsp3) is 0.538. The Morgan fingerprint density at radius 1 is 1.38 bits per heavy atom. The van der Waals surface area contributed by atoms with Crippen LogP contribution in [0.4, 0.5) is 24.5 Å². The van der Waals surface area contributed by atoms with Crippen molar-refractivity contribution in [2.75, 3.05) is 25.1 Å². The van der Waals surface area contributed by atoms with E-state index in [1.807, 2.05) is 13.8 Å². The standard InChI is InChI=1S/C13H17F3N2O3/c1-9(2)8-21-6-5-17-10-3-4-12(18(19)20)11(7-10)13(14,15)16/h3-4,7,9,17H,5-6,8H2,1-2H3. The third-order valence-corrected chi connectivity index (χ3v) is 2.53. The Kier molecular flexibility index (Phi) is 5.95. The van der Waals surface area contributed by atoms with Crippen LogP contribution in [0.3, 0.4) is 0 Å². The third kappa shape index (κ3) is 5.58. The molecule has 1 aromatic carbocycles. The molecule has 0 atom stereocenters. The minimum Gasteiger partial charge on any atom is -0.383 e.